The molecule has 3 nitrogen and oxygen atoms in total. The van der Waals surface area contributed by atoms with Crippen molar-refractivity contribution in [3.8, 4) is 0 Å². The first kappa shape index (κ1) is 11.4. The molecule has 0 radical (unpaired) electrons. The van der Waals surface area contributed by atoms with Crippen molar-refractivity contribution in [3.05, 3.63) is 10.6 Å². The maximum absolute atomic E-state index is 11.5. The molecule has 0 fully saturated rings. The molecule has 0 aromatic heterocycles. The predicted octanol–water partition coefficient (Wildman–Crippen LogP) is 1.85. The number of thioether (sulfide) groups is 1. The van der Waals surface area contributed by atoms with Gasteiger partial charge in [0.25, 0.3) is 0 Å². The van der Waals surface area contributed by atoms with Gasteiger partial charge in [-0.1, -0.05) is 0 Å². The van der Waals surface area contributed by atoms with Crippen LogP contribution < -0.4 is 0 Å². The van der Waals surface area contributed by atoms with Gasteiger partial charge in [0.1, 0.15) is 0 Å². The second-order valence-corrected chi connectivity index (χ2v) is 4.15. The number of methoxy groups -OCH3 is 1. The van der Waals surface area contributed by atoms with Crippen LogP contribution in [0.1, 0.15) is 19.3 Å². The fourth-order valence-electron chi connectivity index (χ4n) is 1.68. The molecule has 80 valence electrons. The third-order valence-electron chi connectivity index (χ3n) is 2.40. The van der Waals surface area contributed by atoms with Crippen molar-refractivity contribution >= 4 is 17.7 Å². The van der Waals surface area contributed by atoms with Crippen molar-refractivity contribution in [2.45, 2.75) is 19.3 Å². The van der Waals surface area contributed by atoms with E-state index in [0.717, 1.165) is 36.4 Å². The molecular formula is C10H17NO2S. The van der Waals surface area contributed by atoms with Crippen LogP contribution in [0, 0.1) is 0 Å². The minimum absolute atomic E-state index is 0.178. The van der Waals surface area contributed by atoms with Gasteiger partial charge >= 0.3 is 5.97 Å². The normalized spacial score (nSPS) is 18.1. The summed E-state index contributed by atoms with van der Waals surface area (Å²) in [5.41, 5.74) is 0.833. The highest BCUT2D eigenvalue weighted by Gasteiger charge is 2.20. The smallest absolute Gasteiger partial charge is 0.336 e. The van der Waals surface area contributed by atoms with E-state index in [0.29, 0.717) is 0 Å². The molecule has 1 aliphatic rings. The Hall–Kier alpha value is -0.640. The monoisotopic (exact) mass is 215 g/mol. The lowest BCUT2D eigenvalue weighted by Gasteiger charge is -2.20. The zero-order chi connectivity index (χ0) is 10.6. The number of carbonyl (C=O) groups excluding carboxylic acids is 1. The Balaban J connectivity index is 2.95. The lowest BCUT2D eigenvalue weighted by Crippen LogP contribution is -2.19. The highest BCUT2D eigenvalue weighted by atomic mass is 32.2. The number of hydrogen-bond donors (Lipinski definition) is 0. The van der Waals surface area contributed by atoms with Gasteiger partial charge in [-0.05, 0) is 25.5 Å². The summed E-state index contributed by atoms with van der Waals surface area (Å²) in [7, 11) is 3.47. The summed E-state index contributed by atoms with van der Waals surface area (Å²) in [6, 6.07) is 0. The van der Waals surface area contributed by atoms with Crippen LogP contribution in [0.15, 0.2) is 10.6 Å². The number of esters is 1. The zero-order valence-corrected chi connectivity index (χ0v) is 9.82. The average Bonchev–Trinajstić information content (AvgIpc) is 2.38. The summed E-state index contributed by atoms with van der Waals surface area (Å²) < 4.78 is 4.79. The molecule has 0 saturated heterocycles. The molecule has 1 rings (SSSR count). The Morgan fingerprint density at radius 1 is 1.50 bits per heavy atom. The Bertz CT molecular complexity index is 251. The van der Waals surface area contributed by atoms with E-state index < -0.39 is 0 Å². The van der Waals surface area contributed by atoms with Gasteiger partial charge in [-0.25, -0.2) is 4.79 Å². The predicted molar refractivity (Wildman–Crippen MR) is 59.0 cm³/mol. The first-order chi connectivity index (χ1) is 6.70. The topological polar surface area (TPSA) is 29.5 Å². The van der Waals surface area contributed by atoms with Gasteiger partial charge in [0.15, 0.2) is 0 Å². The van der Waals surface area contributed by atoms with Gasteiger partial charge in [-0.3, -0.25) is 0 Å². The molecule has 0 atom stereocenters. The van der Waals surface area contributed by atoms with Crippen molar-refractivity contribution in [2.24, 2.45) is 0 Å². The first-order valence-electron chi connectivity index (χ1n) is 4.77. The van der Waals surface area contributed by atoms with E-state index in [1.807, 2.05) is 13.3 Å². The molecule has 0 aliphatic carbocycles. The molecule has 14 heavy (non-hydrogen) atoms. The summed E-state index contributed by atoms with van der Waals surface area (Å²) >= 11 is 1.62. The number of ether oxygens (including phenoxy) is 1. The SMILES string of the molecule is COC(=O)C1=C(SC)N(C)CCCC1. The van der Waals surface area contributed by atoms with Gasteiger partial charge < -0.3 is 9.64 Å². The van der Waals surface area contributed by atoms with E-state index in [4.69, 9.17) is 4.74 Å². The van der Waals surface area contributed by atoms with Crippen LogP contribution in [0.2, 0.25) is 0 Å². The van der Waals surface area contributed by atoms with Crippen LogP contribution in [0.4, 0.5) is 0 Å². The highest BCUT2D eigenvalue weighted by molar-refractivity contribution is 8.02. The zero-order valence-electron chi connectivity index (χ0n) is 9.00. The number of carbonyl (C=O) groups is 1. The van der Waals surface area contributed by atoms with E-state index in [1.165, 1.54) is 7.11 Å². The van der Waals surface area contributed by atoms with E-state index in [-0.39, 0.29) is 5.97 Å². The molecule has 4 heteroatoms. The van der Waals surface area contributed by atoms with Crippen LogP contribution in [0.5, 0.6) is 0 Å². The van der Waals surface area contributed by atoms with Gasteiger partial charge in [0, 0.05) is 13.6 Å². The van der Waals surface area contributed by atoms with Crippen molar-refractivity contribution in [1.29, 1.82) is 0 Å². The molecule has 0 spiro atoms. The third kappa shape index (κ3) is 2.44. The van der Waals surface area contributed by atoms with Crippen LogP contribution >= 0.6 is 11.8 Å². The molecule has 0 amide bonds. The second-order valence-electron chi connectivity index (χ2n) is 3.36. The minimum Gasteiger partial charge on any atom is -0.466 e. The van der Waals surface area contributed by atoms with Crippen molar-refractivity contribution < 1.29 is 9.53 Å². The molecular weight excluding hydrogens is 198 g/mol. The minimum atomic E-state index is -0.178. The van der Waals surface area contributed by atoms with Crippen LogP contribution in [-0.4, -0.2) is 37.8 Å². The summed E-state index contributed by atoms with van der Waals surface area (Å²) in [6.45, 7) is 1.02. The molecule has 0 unspecified atom stereocenters. The van der Waals surface area contributed by atoms with E-state index in [2.05, 4.69) is 4.90 Å². The van der Waals surface area contributed by atoms with Gasteiger partial charge in [0.05, 0.1) is 17.7 Å². The third-order valence-corrected chi connectivity index (χ3v) is 3.35. The lowest BCUT2D eigenvalue weighted by molar-refractivity contribution is -0.136. The second kappa shape index (κ2) is 5.29. The fraction of sp³-hybridized carbons (Fsp3) is 0.700. The van der Waals surface area contributed by atoms with E-state index >= 15 is 0 Å². The summed E-state index contributed by atoms with van der Waals surface area (Å²) in [5, 5.41) is 1.06. The Labute approximate surface area is 89.5 Å². The van der Waals surface area contributed by atoms with Crippen LogP contribution in [-0.2, 0) is 9.53 Å². The summed E-state index contributed by atoms with van der Waals surface area (Å²) in [6.07, 6.45) is 5.05. The molecule has 0 N–H and O–H groups in total. The van der Waals surface area contributed by atoms with Crippen molar-refractivity contribution in [2.75, 3.05) is 27.0 Å². The van der Waals surface area contributed by atoms with Crippen LogP contribution in [0.25, 0.3) is 0 Å². The Kier molecular flexibility index (Phi) is 4.32. The molecule has 0 aromatic rings. The van der Waals surface area contributed by atoms with Gasteiger partial charge in [-0.2, -0.15) is 0 Å². The van der Waals surface area contributed by atoms with Crippen molar-refractivity contribution in [3.63, 3.8) is 0 Å². The molecule has 1 aliphatic heterocycles. The van der Waals surface area contributed by atoms with Gasteiger partial charge in [-0.15, -0.1) is 11.8 Å². The lowest BCUT2D eigenvalue weighted by atomic mass is 10.1. The van der Waals surface area contributed by atoms with Crippen LogP contribution in [0.3, 0.4) is 0 Å². The Morgan fingerprint density at radius 3 is 2.79 bits per heavy atom. The number of rotatable bonds is 2. The first-order valence-corrected chi connectivity index (χ1v) is 5.99. The Morgan fingerprint density at radius 2 is 2.21 bits per heavy atom. The highest BCUT2D eigenvalue weighted by Crippen LogP contribution is 2.28. The number of hydrogen-bond acceptors (Lipinski definition) is 4. The van der Waals surface area contributed by atoms with E-state index in [9.17, 15) is 4.79 Å². The average molecular weight is 215 g/mol. The summed E-state index contributed by atoms with van der Waals surface area (Å²) in [5.74, 6) is -0.178. The number of nitrogens with zero attached hydrogens (tertiary/aromatic N) is 1. The standard InChI is InChI=1S/C10H17NO2S/c1-11-7-5-4-6-8(9(11)14-3)10(12)13-2/h4-7H2,1-3H3. The summed E-state index contributed by atoms with van der Waals surface area (Å²) in [4.78, 5) is 13.7. The molecule has 0 aromatic carbocycles. The van der Waals surface area contributed by atoms with Gasteiger partial charge in [0.2, 0.25) is 0 Å². The quantitative estimate of drug-likeness (QED) is 0.657. The van der Waals surface area contributed by atoms with Crippen molar-refractivity contribution in [1.82, 2.24) is 4.90 Å². The maximum atomic E-state index is 11.5. The maximum Gasteiger partial charge on any atom is 0.336 e. The molecule has 1 heterocycles. The molecule has 0 bridgehead atoms. The van der Waals surface area contributed by atoms with E-state index in [1.54, 1.807) is 11.8 Å². The largest absolute Gasteiger partial charge is 0.466 e. The molecule has 0 saturated carbocycles. The fourth-order valence-corrected chi connectivity index (χ4v) is 2.52.